The summed E-state index contributed by atoms with van der Waals surface area (Å²) in [5, 5.41) is 6.03. The summed E-state index contributed by atoms with van der Waals surface area (Å²) in [6.45, 7) is 3.43. The number of hydrogen-bond donors (Lipinski definition) is 2. The minimum Gasteiger partial charge on any atom is -0.461 e. The quantitative estimate of drug-likeness (QED) is 0.364. The number of hydrogen-bond acceptors (Lipinski definition) is 8. The van der Waals surface area contributed by atoms with Gasteiger partial charge in [-0.25, -0.2) is 9.78 Å². The Hall–Kier alpha value is -2.74. The second-order valence-electron chi connectivity index (χ2n) is 4.50. The summed E-state index contributed by atoms with van der Waals surface area (Å²) in [4.78, 5) is 27.3. The molecule has 23 heavy (non-hydrogen) atoms. The van der Waals surface area contributed by atoms with Crippen molar-refractivity contribution in [2.75, 3.05) is 17.8 Å². The molecule has 8 heteroatoms. The molecule has 0 saturated heterocycles. The van der Waals surface area contributed by atoms with Crippen LogP contribution in [0.3, 0.4) is 0 Å². The van der Waals surface area contributed by atoms with Crippen LogP contribution in [-0.4, -0.2) is 29.1 Å². The predicted octanol–water partition coefficient (Wildman–Crippen LogP) is 2.31. The Balaban J connectivity index is 2.22. The van der Waals surface area contributed by atoms with Crippen molar-refractivity contribution in [3.8, 4) is 0 Å². The lowest BCUT2D eigenvalue weighted by molar-refractivity contribution is -0.134. The van der Waals surface area contributed by atoms with E-state index >= 15 is 0 Å². The van der Waals surface area contributed by atoms with E-state index in [0.717, 1.165) is 0 Å². The summed E-state index contributed by atoms with van der Waals surface area (Å²) in [5.74, 6) is -0.615. The second-order valence-corrected chi connectivity index (χ2v) is 5.39. The molecule has 1 aromatic heterocycles. The van der Waals surface area contributed by atoms with E-state index in [-0.39, 0.29) is 18.1 Å². The summed E-state index contributed by atoms with van der Waals surface area (Å²) in [7, 11) is 0. The van der Waals surface area contributed by atoms with Crippen LogP contribution >= 0.6 is 11.3 Å². The van der Waals surface area contributed by atoms with Gasteiger partial charge in [-0.15, -0.1) is 11.3 Å². The zero-order chi connectivity index (χ0) is 16.8. The first-order chi connectivity index (χ1) is 11.0. The summed E-state index contributed by atoms with van der Waals surface area (Å²) >= 11 is 1.21. The van der Waals surface area contributed by atoms with Crippen molar-refractivity contribution in [1.29, 1.82) is 0 Å². The lowest BCUT2D eigenvalue weighted by atomic mass is 10.1. The second kappa shape index (κ2) is 7.50. The molecule has 2 aromatic rings. The zero-order valence-electron chi connectivity index (χ0n) is 12.7. The Bertz CT molecular complexity index is 737. The van der Waals surface area contributed by atoms with Crippen LogP contribution in [0.15, 0.2) is 34.7 Å². The minimum atomic E-state index is -0.592. The lowest BCUT2D eigenvalue weighted by Gasteiger charge is -2.05. The molecular weight excluding hydrogens is 316 g/mol. The Morgan fingerprint density at radius 3 is 2.57 bits per heavy atom. The number of carbonyl (C=O) groups is 2. The van der Waals surface area contributed by atoms with E-state index < -0.39 is 5.97 Å². The molecule has 0 fully saturated rings. The summed E-state index contributed by atoms with van der Waals surface area (Å²) in [6, 6.07) is 6.73. The molecule has 0 aliphatic heterocycles. The van der Waals surface area contributed by atoms with Crippen molar-refractivity contribution in [3.63, 3.8) is 0 Å². The van der Waals surface area contributed by atoms with Crippen molar-refractivity contribution < 1.29 is 14.3 Å². The number of hydrazone groups is 1. The molecule has 0 aliphatic rings. The highest BCUT2D eigenvalue weighted by atomic mass is 32.1. The van der Waals surface area contributed by atoms with Crippen molar-refractivity contribution in [3.05, 3.63) is 40.9 Å². The number of nitrogens with one attached hydrogen (secondary N) is 1. The maximum atomic E-state index is 12.0. The highest BCUT2D eigenvalue weighted by Crippen LogP contribution is 2.14. The number of ketones is 1. The van der Waals surface area contributed by atoms with Gasteiger partial charge in [0, 0.05) is 10.9 Å². The van der Waals surface area contributed by atoms with Gasteiger partial charge >= 0.3 is 5.97 Å². The molecule has 0 saturated carbocycles. The first kappa shape index (κ1) is 16.6. The van der Waals surface area contributed by atoms with Crippen LogP contribution in [0, 0.1) is 0 Å². The van der Waals surface area contributed by atoms with E-state index in [1.165, 1.54) is 18.3 Å². The van der Waals surface area contributed by atoms with Gasteiger partial charge in [0.2, 0.25) is 0 Å². The topological polar surface area (TPSA) is 107 Å². The van der Waals surface area contributed by atoms with Crippen molar-refractivity contribution >= 4 is 39.6 Å². The number of nitrogens with two attached hydrogens (primary N) is 1. The first-order valence-electron chi connectivity index (χ1n) is 6.84. The number of ether oxygens (including phenoxy) is 1. The van der Waals surface area contributed by atoms with E-state index in [0.29, 0.717) is 22.1 Å². The molecule has 1 heterocycles. The van der Waals surface area contributed by atoms with E-state index in [1.54, 1.807) is 36.6 Å². The van der Waals surface area contributed by atoms with E-state index in [2.05, 4.69) is 15.5 Å². The van der Waals surface area contributed by atoms with Gasteiger partial charge in [-0.3, -0.25) is 10.2 Å². The summed E-state index contributed by atoms with van der Waals surface area (Å²) in [5.41, 5.74) is 9.95. The van der Waals surface area contributed by atoms with Crippen LogP contribution in [0.25, 0.3) is 0 Å². The molecule has 0 aliphatic carbocycles. The van der Waals surface area contributed by atoms with Crippen LogP contribution < -0.4 is 11.2 Å². The Kier molecular flexibility index (Phi) is 5.42. The highest BCUT2D eigenvalue weighted by Gasteiger charge is 2.18. The SMILES string of the molecule is CCOC(=O)/C(=N\Nc1ccc(C(C)=O)cc1)c1csc(N)n1. The molecule has 2 rings (SSSR count). The van der Waals surface area contributed by atoms with Crippen LogP contribution in [0.2, 0.25) is 0 Å². The zero-order valence-corrected chi connectivity index (χ0v) is 13.5. The Morgan fingerprint density at radius 2 is 2.04 bits per heavy atom. The Morgan fingerprint density at radius 1 is 1.35 bits per heavy atom. The predicted molar refractivity (Wildman–Crippen MR) is 89.8 cm³/mol. The molecule has 3 N–H and O–H groups in total. The smallest absolute Gasteiger partial charge is 0.361 e. The van der Waals surface area contributed by atoms with Gasteiger partial charge in [-0.05, 0) is 38.1 Å². The molecule has 1 aromatic carbocycles. The van der Waals surface area contributed by atoms with Gasteiger partial charge in [0.05, 0.1) is 12.3 Å². The Labute approximate surface area is 137 Å². The number of anilines is 2. The van der Waals surface area contributed by atoms with Crippen molar-refractivity contribution in [1.82, 2.24) is 4.98 Å². The summed E-state index contributed by atoms with van der Waals surface area (Å²) in [6.07, 6.45) is 0. The van der Waals surface area contributed by atoms with Crippen LogP contribution in [0.1, 0.15) is 29.9 Å². The van der Waals surface area contributed by atoms with Gasteiger partial charge in [0.1, 0.15) is 5.69 Å². The van der Waals surface area contributed by atoms with Gasteiger partial charge in [-0.2, -0.15) is 5.10 Å². The fourth-order valence-corrected chi connectivity index (χ4v) is 2.25. The average Bonchev–Trinajstić information content (AvgIpc) is 2.94. The molecule has 120 valence electrons. The minimum absolute atomic E-state index is 0.0230. The highest BCUT2D eigenvalue weighted by molar-refractivity contribution is 7.13. The van der Waals surface area contributed by atoms with Gasteiger partial charge in [0.15, 0.2) is 16.6 Å². The number of nitrogen functional groups attached to an aromatic ring is 1. The van der Waals surface area contributed by atoms with E-state index in [4.69, 9.17) is 10.5 Å². The van der Waals surface area contributed by atoms with Crippen molar-refractivity contribution in [2.24, 2.45) is 5.10 Å². The fraction of sp³-hybridized carbons (Fsp3) is 0.200. The summed E-state index contributed by atoms with van der Waals surface area (Å²) < 4.78 is 4.98. The largest absolute Gasteiger partial charge is 0.461 e. The number of aromatic nitrogens is 1. The van der Waals surface area contributed by atoms with Gasteiger partial charge < -0.3 is 10.5 Å². The molecule has 0 amide bonds. The van der Waals surface area contributed by atoms with Crippen LogP contribution in [0.5, 0.6) is 0 Å². The fourth-order valence-electron chi connectivity index (χ4n) is 1.70. The number of esters is 1. The number of carbonyl (C=O) groups excluding carboxylic acids is 2. The van der Waals surface area contributed by atoms with E-state index in [9.17, 15) is 9.59 Å². The maximum absolute atomic E-state index is 12.0. The van der Waals surface area contributed by atoms with Crippen molar-refractivity contribution in [2.45, 2.75) is 13.8 Å². The van der Waals surface area contributed by atoms with E-state index in [1.807, 2.05) is 0 Å². The molecular formula is C15H16N4O3S. The number of thiazole rings is 1. The molecule has 7 nitrogen and oxygen atoms in total. The molecule has 0 radical (unpaired) electrons. The van der Waals surface area contributed by atoms with Gasteiger partial charge in [0.25, 0.3) is 0 Å². The monoisotopic (exact) mass is 332 g/mol. The molecule has 0 unspecified atom stereocenters. The number of nitrogens with zero attached hydrogens (tertiary/aromatic N) is 2. The van der Waals surface area contributed by atoms with Crippen LogP contribution in [-0.2, 0) is 9.53 Å². The van der Waals surface area contributed by atoms with Crippen LogP contribution in [0.4, 0.5) is 10.8 Å². The third kappa shape index (κ3) is 4.36. The number of Topliss-reactive ketones (excluding diaryl/α,β-unsaturated/α-hetero) is 1. The number of rotatable bonds is 6. The number of benzene rings is 1. The lowest BCUT2D eigenvalue weighted by Crippen LogP contribution is -2.20. The molecule has 0 atom stereocenters. The van der Waals surface area contributed by atoms with Gasteiger partial charge in [-0.1, -0.05) is 0 Å². The standard InChI is InChI=1S/C15H16N4O3S/c1-3-22-14(21)13(12-8-23-15(16)17-12)19-18-11-6-4-10(5-7-11)9(2)20/h4-8,18H,3H2,1-2H3,(H2,16,17)/b19-13-. The molecule has 0 bridgehead atoms. The first-order valence-corrected chi connectivity index (χ1v) is 7.72. The third-order valence-corrected chi connectivity index (χ3v) is 3.50. The average molecular weight is 332 g/mol. The molecule has 0 spiro atoms. The normalized spacial score (nSPS) is 11.1. The maximum Gasteiger partial charge on any atom is 0.361 e. The third-order valence-electron chi connectivity index (χ3n) is 2.82.